The molecule has 2 aliphatic heterocycles. The molecule has 3 heterocycles. The number of nitrogens with one attached hydrogen (secondary N) is 2. The quantitative estimate of drug-likeness (QED) is 0.215. The van der Waals surface area contributed by atoms with Gasteiger partial charge in [-0.25, -0.2) is 10.3 Å². The molecule has 5 atom stereocenters. The van der Waals surface area contributed by atoms with E-state index < -0.39 is 64.1 Å². The number of rotatable bonds is 6. The van der Waals surface area contributed by atoms with E-state index in [0.717, 1.165) is 0 Å². The van der Waals surface area contributed by atoms with Crippen LogP contribution in [0.4, 0.5) is 0 Å². The van der Waals surface area contributed by atoms with E-state index >= 15 is 0 Å². The summed E-state index contributed by atoms with van der Waals surface area (Å²) < 4.78 is 27.1. The molecular formula is C23H41N3O8Si2. The van der Waals surface area contributed by atoms with Crippen molar-refractivity contribution < 1.29 is 28.3 Å². The third kappa shape index (κ3) is 4.82. The highest BCUT2D eigenvalue weighted by Gasteiger charge is 2.78. The van der Waals surface area contributed by atoms with Gasteiger partial charge in [-0.1, -0.05) is 41.5 Å². The van der Waals surface area contributed by atoms with Gasteiger partial charge in [-0.05, 0) is 43.2 Å². The summed E-state index contributed by atoms with van der Waals surface area (Å²) in [5.41, 5.74) is -0.594. The fraction of sp³-hybridized carbons (Fsp3) is 0.783. The zero-order valence-corrected chi connectivity index (χ0v) is 25.1. The molecule has 2 aliphatic rings. The van der Waals surface area contributed by atoms with Gasteiger partial charge in [-0.2, -0.15) is 0 Å². The van der Waals surface area contributed by atoms with Gasteiger partial charge in [0.25, 0.3) is 11.5 Å². The number of aromatic amines is 1. The van der Waals surface area contributed by atoms with Crippen molar-refractivity contribution in [1.82, 2.24) is 15.0 Å². The number of nitrogens with zero attached hydrogens (tertiary/aromatic N) is 1. The van der Waals surface area contributed by atoms with E-state index in [9.17, 15) is 19.6 Å². The molecule has 0 aromatic carbocycles. The van der Waals surface area contributed by atoms with E-state index in [0.29, 0.717) is 5.56 Å². The Balaban J connectivity index is 2.20. The summed E-state index contributed by atoms with van der Waals surface area (Å²) in [6, 6.07) is 0. The Bertz CT molecular complexity index is 1130. The van der Waals surface area contributed by atoms with Crippen LogP contribution >= 0.6 is 0 Å². The standard InChI is InChI=1S/C23H41N3O8Si2/c1-13-12-26(20(29)24-16(13)27)18-15(33-35(8,9)21(2,3)4)23(14(32-23)17(28)25-30)19(31-18)34-36(10,11)22(5,6)7/h12,14-15,18-19,30H,1-11H3,(H,25,28)(H,24,27,29)/t14-,15-,18+,19+,23+/m0/s1. The van der Waals surface area contributed by atoms with Crippen LogP contribution in [0.3, 0.4) is 0 Å². The zero-order valence-electron chi connectivity index (χ0n) is 23.1. The Labute approximate surface area is 213 Å². The van der Waals surface area contributed by atoms with E-state index in [1.165, 1.54) is 10.8 Å². The lowest BCUT2D eigenvalue weighted by molar-refractivity contribution is -0.131. The molecule has 13 heteroatoms. The first-order valence-corrected chi connectivity index (χ1v) is 18.0. The van der Waals surface area contributed by atoms with Gasteiger partial charge in [0, 0.05) is 11.8 Å². The average molecular weight is 544 g/mol. The molecule has 1 amide bonds. The Hall–Kier alpha value is -1.62. The summed E-state index contributed by atoms with van der Waals surface area (Å²) in [7, 11) is -4.99. The van der Waals surface area contributed by atoms with E-state index in [1.54, 1.807) is 12.4 Å². The van der Waals surface area contributed by atoms with Gasteiger partial charge in [0.1, 0.15) is 6.10 Å². The van der Waals surface area contributed by atoms with Crippen LogP contribution in [0.1, 0.15) is 53.3 Å². The lowest BCUT2D eigenvalue weighted by Gasteiger charge is -2.41. The van der Waals surface area contributed by atoms with Crippen LogP contribution in [0, 0.1) is 6.92 Å². The molecule has 1 spiro atoms. The second-order valence-corrected chi connectivity index (χ2v) is 22.4. The average Bonchev–Trinajstić information content (AvgIpc) is 3.40. The van der Waals surface area contributed by atoms with Crippen molar-refractivity contribution in [2.45, 2.75) is 115 Å². The van der Waals surface area contributed by atoms with Crippen molar-refractivity contribution in [2.24, 2.45) is 0 Å². The maximum absolute atomic E-state index is 12.9. The van der Waals surface area contributed by atoms with Crippen molar-refractivity contribution in [1.29, 1.82) is 0 Å². The number of carbonyl (C=O) groups excluding carboxylic acids is 1. The number of aryl methyl sites for hydroxylation is 1. The van der Waals surface area contributed by atoms with Crippen LogP contribution < -0.4 is 16.7 Å². The number of ether oxygens (including phenoxy) is 2. The van der Waals surface area contributed by atoms with Crippen molar-refractivity contribution in [2.75, 3.05) is 0 Å². The first-order valence-electron chi connectivity index (χ1n) is 12.1. The molecule has 1 aromatic heterocycles. The summed E-state index contributed by atoms with van der Waals surface area (Å²) in [6.07, 6.45) is -2.73. The number of aromatic nitrogens is 2. The van der Waals surface area contributed by atoms with Gasteiger partial charge in [-0.3, -0.25) is 24.3 Å². The van der Waals surface area contributed by atoms with E-state index in [4.69, 9.17) is 18.3 Å². The van der Waals surface area contributed by atoms with Gasteiger partial charge in [0.05, 0.1) is 0 Å². The molecular weight excluding hydrogens is 502 g/mol. The van der Waals surface area contributed by atoms with Crippen molar-refractivity contribution in [3.8, 4) is 0 Å². The summed E-state index contributed by atoms with van der Waals surface area (Å²) >= 11 is 0. The summed E-state index contributed by atoms with van der Waals surface area (Å²) in [5, 5.41) is 8.99. The molecule has 0 aliphatic carbocycles. The van der Waals surface area contributed by atoms with Crippen molar-refractivity contribution in [3.63, 3.8) is 0 Å². The summed E-state index contributed by atoms with van der Waals surface area (Å²) in [6.45, 7) is 22.2. The highest BCUT2D eigenvalue weighted by Crippen LogP contribution is 2.57. The highest BCUT2D eigenvalue weighted by molar-refractivity contribution is 6.74. The molecule has 0 unspecified atom stereocenters. The fourth-order valence-corrected chi connectivity index (χ4v) is 6.16. The Morgan fingerprint density at radius 3 is 2.11 bits per heavy atom. The maximum atomic E-state index is 12.9. The molecule has 3 N–H and O–H groups in total. The molecule has 0 bridgehead atoms. The normalized spacial score (nSPS) is 29.0. The first-order chi connectivity index (χ1) is 16.2. The minimum absolute atomic E-state index is 0.194. The smallest absolute Gasteiger partial charge is 0.330 e. The van der Waals surface area contributed by atoms with Gasteiger partial charge in [0.2, 0.25) is 0 Å². The Morgan fingerprint density at radius 2 is 1.61 bits per heavy atom. The van der Waals surface area contributed by atoms with Crippen molar-refractivity contribution in [3.05, 3.63) is 32.6 Å². The number of hydrogen-bond donors (Lipinski definition) is 3. The van der Waals surface area contributed by atoms with Crippen LogP contribution in [-0.2, 0) is 23.1 Å². The van der Waals surface area contributed by atoms with Crippen LogP contribution in [0.2, 0.25) is 36.3 Å². The Kier molecular flexibility index (Phi) is 7.23. The Morgan fingerprint density at radius 1 is 1.08 bits per heavy atom. The minimum atomic E-state index is -2.52. The number of epoxide rings is 1. The highest BCUT2D eigenvalue weighted by atomic mass is 28.4. The maximum Gasteiger partial charge on any atom is 0.330 e. The molecule has 36 heavy (non-hydrogen) atoms. The third-order valence-electron chi connectivity index (χ3n) is 8.21. The molecule has 0 radical (unpaired) electrons. The number of carbonyl (C=O) groups is 1. The molecule has 1 aromatic rings. The lowest BCUT2D eigenvalue weighted by atomic mass is 9.98. The third-order valence-corrected chi connectivity index (χ3v) is 17.1. The van der Waals surface area contributed by atoms with Gasteiger partial charge >= 0.3 is 5.69 Å². The van der Waals surface area contributed by atoms with E-state index in [2.05, 4.69) is 46.5 Å². The molecule has 204 valence electrons. The molecule has 2 saturated heterocycles. The van der Waals surface area contributed by atoms with Gasteiger partial charge < -0.3 is 18.3 Å². The second kappa shape index (κ2) is 9.00. The van der Waals surface area contributed by atoms with E-state index in [1.807, 2.05) is 26.2 Å². The largest absolute Gasteiger partial charge is 0.406 e. The topological polar surface area (TPSA) is 144 Å². The van der Waals surface area contributed by atoms with Gasteiger partial charge in [0.15, 0.2) is 40.9 Å². The van der Waals surface area contributed by atoms with Crippen LogP contribution in [0.25, 0.3) is 0 Å². The van der Waals surface area contributed by atoms with Crippen LogP contribution in [0.15, 0.2) is 15.8 Å². The SMILES string of the molecule is Cc1cn([C@@H]2O[C@H](O[Si](C)(C)C(C)(C)C)[C@]3(O[C@H]3C(=O)NO)[C@H]2O[Si](C)(C)C(C)(C)C)c(=O)[nH]c1=O. The predicted molar refractivity (Wildman–Crippen MR) is 138 cm³/mol. The lowest BCUT2D eigenvalue weighted by Crippen LogP contribution is -2.54. The molecule has 3 rings (SSSR count). The predicted octanol–water partition coefficient (Wildman–Crippen LogP) is 2.76. The van der Waals surface area contributed by atoms with Crippen LogP contribution in [-0.4, -0.2) is 61.4 Å². The minimum Gasteiger partial charge on any atom is -0.406 e. The number of H-pyrrole nitrogens is 1. The van der Waals surface area contributed by atoms with Gasteiger partial charge in [-0.15, -0.1) is 0 Å². The molecule has 2 fully saturated rings. The summed E-state index contributed by atoms with van der Waals surface area (Å²) in [5.74, 6) is -0.753. The molecule has 11 nitrogen and oxygen atoms in total. The van der Waals surface area contributed by atoms with E-state index in [-0.39, 0.29) is 10.1 Å². The number of hydroxylamine groups is 1. The zero-order chi connectivity index (χ0) is 27.6. The second-order valence-electron chi connectivity index (χ2n) is 12.8. The van der Waals surface area contributed by atoms with Crippen LogP contribution in [0.5, 0.6) is 0 Å². The monoisotopic (exact) mass is 543 g/mol. The number of hydrogen-bond acceptors (Lipinski definition) is 8. The molecule has 0 saturated carbocycles. The fourth-order valence-electron chi connectivity index (χ4n) is 3.74. The first kappa shape index (κ1) is 28.9. The van der Waals surface area contributed by atoms with Crippen molar-refractivity contribution >= 4 is 22.5 Å². The number of amides is 1. The summed E-state index contributed by atoms with van der Waals surface area (Å²) in [4.78, 5) is 39.9.